The smallest absolute Gasteiger partial charge is 0.163 e. The second-order valence-electron chi connectivity index (χ2n) is 8.99. The normalized spacial score (nSPS) is 15.7. The number of piperidine rings is 1. The van der Waals surface area contributed by atoms with Crippen LogP contribution in [0.15, 0.2) is 66.7 Å². The van der Waals surface area contributed by atoms with Gasteiger partial charge in [0.1, 0.15) is 18.5 Å². The molecule has 0 bridgehead atoms. The number of likely N-dealkylation sites (tertiary alicyclic amines) is 1. The maximum atomic E-state index is 13.1. The molecule has 1 aliphatic rings. The number of aliphatic hydroxyl groups is 1. The van der Waals surface area contributed by atoms with Crippen molar-refractivity contribution < 1.29 is 19.0 Å². The van der Waals surface area contributed by atoms with Gasteiger partial charge >= 0.3 is 0 Å². The number of rotatable bonds is 9. The van der Waals surface area contributed by atoms with Crippen LogP contribution in [0.25, 0.3) is 0 Å². The summed E-state index contributed by atoms with van der Waals surface area (Å²) in [6.07, 6.45) is 2.34. The molecular weight excluding hydrogens is 431 g/mol. The zero-order chi connectivity index (χ0) is 23.9. The van der Waals surface area contributed by atoms with E-state index in [-0.39, 0.29) is 12.4 Å². The molecular formula is C28H33FN2O3. The highest BCUT2D eigenvalue weighted by atomic mass is 19.1. The number of aliphatic hydroxyl groups excluding tert-OH is 1. The number of anilines is 1. The number of β-amino-alcohol motifs (C(OH)–C–C–N with tert-alkyl or cyclic N) is 1. The highest BCUT2D eigenvalue weighted by Crippen LogP contribution is 2.30. The SMILES string of the molecule is COc1ccc(N)cc1OC[C@@H](O)CN1CCC(c2ccc(Cc3ccc(F)cc3)cc2)CC1. The largest absolute Gasteiger partial charge is 0.493 e. The van der Waals surface area contributed by atoms with Crippen LogP contribution in [0.1, 0.15) is 35.4 Å². The number of methoxy groups -OCH3 is 1. The number of benzene rings is 3. The van der Waals surface area contributed by atoms with Gasteiger partial charge in [0.25, 0.3) is 0 Å². The molecule has 5 nitrogen and oxygen atoms in total. The van der Waals surface area contributed by atoms with Gasteiger partial charge in [-0.05, 0) is 79.2 Å². The topological polar surface area (TPSA) is 68.0 Å². The third-order valence-corrected chi connectivity index (χ3v) is 6.45. The van der Waals surface area contributed by atoms with Gasteiger partial charge in [-0.3, -0.25) is 0 Å². The molecule has 4 rings (SSSR count). The summed E-state index contributed by atoms with van der Waals surface area (Å²) < 4.78 is 24.2. The Morgan fingerprint density at radius 2 is 1.62 bits per heavy atom. The minimum absolute atomic E-state index is 0.190. The standard InChI is InChI=1S/C28H33FN2O3/c1-33-27-11-10-25(30)17-28(27)34-19-26(32)18-31-14-12-23(13-15-31)22-6-2-20(3-7-22)16-21-4-8-24(29)9-5-21/h2-11,17,23,26,32H,12-16,18-19,30H2,1H3/t26-/m0/s1. The molecule has 0 aromatic heterocycles. The molecule has 3 N–H and O–H groups in total. The zero-order valence-corrected chi connectivity index (χ0v) is 19.6. The van der Waals surface area contributed by atoms with Crippen LogP contribution in [0, 0.1) is 5.82 Å². The average molecular weight is 465 g/mol. The first kappa shape index (κ1) is 24.0. The van der Waals surface area contributed by atoms with E-state index < -0.39 is 6.10 Å². The van der Waals surface area contributed by atoms with Crippen LogP contribution < -0.4 is 15.2 Å². The Morgan fingerprint density at radius 1 is 0.971 bits per heavy atom. The Bertz CT molecular complexity index is 1050. The van der Waals surface area contributed by atoms with Gasteiger partial charge in [0.15, 0.2) is 11.5 Å². The van der Waals surface area contributed by atoms with Gasteiger partial charge in [-0.25, -0.2) is 4.39 Å². The Hall–Kier alpha value is -3.09. The van der Waals surface area contributed by atoms with E-state index in [1.165, 1.54) is 23.3 Å². The molecule has 1 atom stereocenters. The van der Waals surface area contributed by atoms with Crippen molar-refractivity contribution in [3.05, 3.63) is 89.2 Å². The summed E-state index contributed by atoms with van der Waals surface area (Å²) in [6, 6.07) is 20.7. The van der Waals surface area contributed by atoms with Crippen molar-refractivity contribution in [2.24, 2.45) is 0 Å². The average Bonchev–Trinajstić information content (AvgIpc) is 2.85. The van der Waals surface area contributed by atoms with Gasteiger partial charge in [0.2, 0.25) is 0 Å². The Morgan fingerprint density at radius 3 is 2.26 bits per heavy atom. The van der Waals surface area contributed by atoms with Gasteiger partial charge in [-0.2, -0.15) is 0 Å². The molecule has 0 amide bonds. The summed E-state index contributed by atoms with van der Waals surface area (Å²) in [7, 11) is 1.58. The summed E-state index contributed by atoms with van der Waals surface area (Å²) >= 11 is 0. The van der Waals surface area contributed by atoms with Crippen LogP contribution >= 0.6 is 0 Å². The van der Waals surface area contributed by atoms with E-state index in [9.17, 15) is 9.50 Å². The van der Waals surface area contributed by atoms with Gasteiger partial charge in [0.05, 0.1) is 7.11 Å². The second kappa shape index (κ2) is 11.4. The summed E-state index contributed by atoms with van der Waals surface area (Å²) in [5.74, 6) is 1.47. The molecule has 0 spiro atoms. The van der Waals surface area contributed by atoms with Crippen molar-refractivity contribution in [1.82, 2.24) is 4.90 Å². The van der Waals surface area contributed by atoms with Crippen LogP contribution in [-0.4, -0.2) is 49.5 Å². The lowest BCUT2D eigenvalue weighted by Gasteiger charge is -2.33. The van der Waals surface area contributed by atoms with Crippen LogP contribution in [0.4, 0.5) is 10.1 Å². The molecule has 34 heavy (non-hydrogen) atoms. The lowest BCUT2D eigenvalue weighted by atomic mass is 9.88. The van der Waals surface area contributed by atoms with Crippen LogP contribution in [-0.2, 0) is 6.42 Å². The molecule has 6 heteroatoms. The number of ether oxygens (including phenoxy) is 2. The first-order chi connectivity index (χ1) is 16.5. The number of halogens is 1. The molecule has 0 radical (unpaired) electrons. The van der Waals surface area contributed by atoms with E-state index in [1.54, 1.807) is 25.3 Å². The fourth-order valence-corrected chi connectivity index (χ4v) is 4.54. The number of hydrogen-bond donors (Lipinski definition) is 2. The van der Waals surface area contributed by atoms with E-state index in [0.717, 1.165) is 37.9 Å². The van der Waals surface area contributed by atoms with Crippen molar-refractivity contribution in [3.8, 4) is 11.5 Å². The maximum absolute atomic E-state index is 13.1. The predicted molar refractivity (Wildman–Crippen MR) is 133 cm³/mol. The third kappa shape index (κ3) is 6.49. The molecule has 3 aromatic carbocycles. The Balaban J connectivity index is 1.22. The Kier molecular flexibility index (Phi) is 8.03. The number of nitrogen functional groups attached to an aromatic ring is 1. The van der Waals surface area contributed by atoms with Crippen LogP contribution in [0.3, 0.4) is 0 Å². The molecule has 1 saturated heterocycles. The van der Waals surface area contributed by atoms with Crippen molar-refractivity contribution in [1.29, 1.82) is 0 Å². The Labute approximate surface area is 200 Å². The third-order valence-electron chi connectivity index (χ3n) is 6.45. The minimum atomic E-state index is -0.589. The highest BCUT2D eigenvalue weighted by Gasteiger charge is 2.22. The summed E-state index contributed by atoms with van der Waals surface area (Å²) in [6.45, 7) is 2.66. The van der Waals surface area contributed by atoms with Gasteiger partial charge < -0.3 is 25.2 Å². The summed E-state index contributed by atoms with van der Waals surface area (Å²) in [5, 5.41) is 10.5. The van der Waals surface area contributed by atoms with Gasteiger partial charge in [-0.1, -0.05) is 36.4 Å². The summed E-state index contributed by atoms with van der Waals surface area (Å²) in [5.41, 5.74) is 10.1. The number of nitrogens with zero attached hydrogens (tertiary/aromatic N) is 1. The van der Waals surface area contributed by atoms with Crippen molar-refractivity contribution in [2.45, 2.75) is 31.3 Å². The molecule has 0 aliphatic carbocycles. The first-order valence-electron chi connectivity index (χ1n) is 11.8. The lowest BCUT2D eigenvalue weighted by molar-refractivity contribution is 0.0586. The molecule has 1 aliphatic heterocycles. The maximum Gasteiger partial charge on any atom is 0.163 e. The molecule has 0 unspecified atom stereocenters. The fourth-order valence-electron chi connectivity index (χ4n) is 4.54. The fraction of sp³-hybridized carbons (Fsp3) is 0.357. The highest BCUT2D eigenvalue weighted by molar-refractivity contribution is 5.51. The lowest BCUT2D eigenvalue weighted by Crippen LogP contribution is -2.40. The van der Waals surface area contributed by atoms with E-state index >= 15 is 0 Å². The first-order valence-corrected chi connectivity index (χ1v) is 11.8. The second-order valence-corrected chi connectivity index (χ2v) is 8.99. The summed E-state index contributed by atoms with van der Waals surface area (Å²) in [4.78, 5) is 2.30. The zero-order valence-electron chi connectivity index (χ0n) is 19.6. The van der Waals surface area contributed by atoms with Gasteiger partial charge in [-0.15, -0.1) is 0 Å². The predicted octanol–water partition coefficient (Wildman–Crippen LogP) is 4.63. The van der Waals surface area contributed by atoms with E-state index in [4.69, 9.17) is 15.2 Å². The van der Waals surface area contributed by atoms with Crippen molar-refractivity contribution in [3.63, 3.8) is 0 Å². The number of nitrogens with two attached hydrogens (primary N) is 1. The molecule has 1 fully saturated rings. The van der Waals surface area contributed by atoms with E-state index in [1.807, 2.05) is 12.1 Å². The van der Waals surface area contributed by atoms with E-state index in [0.29, 0.717) is 29.6 Å². The molecule has 1 heterocycles. The molecule has 0 saturated carbocycles. The van der Waals surface area contributed by atoms with Crippen molar-refractivity contribution >= 4 is 5.69 Å². The quantitative estimate of drug-likeness (QED) is 0.452. The van der Waals surface area contributed by atoms with Crippen LogP contribution in [0.5, 0.6) is 11.5 Å². The molecule has 180 valence electrons. The van der Waals surface area contributed by atoms with E-state index in [2.05, 4.69) is 29.2 Å². The number of hydrogen-bond acceptors (Lipinski definition) is 5. The monoisotopic (exact) mass is 464 g/mol. The van der Waals surface area contributed by atoms with Crippen LogP contribution in [0.2, 0.25) is 0 Å². The minimum Gasteiger partial charge on any atom is -0.493 e. The van der Waals surface area contributed by atoms with Crippen molar-refractivity contribution in [2.75, 3.05) is 39.1 Å². The molecule has 3 aromatic rings. The van der Waals surface area contributed by atoms with Gasteiger partial charge in [0, 0.05) is 18.3 Å².